The Morgan fingerprint density at radius 3 is 2.70 bits per heavy atom. The van der Waals surface area contributed by atoms with E-state index in [-0.39, 0.29) is 11.5 Å². The normalized spacial score (nSPS) is 10.9. The molecule has 4 nitrogen and oxygen atoms in total. The molecular weight excluding hydrogens is 310 g/mol. The van der Waals surface area contributed by atoms with Crippen molar-refractivity contribution < 1.29 is 9.21 Å². The molecule has 5 heteroatoms. The number of anilines is 1. The monoisotopic (exact) mass is 327 g/mol. The van der Waals surface area contributed by atoms with E-state index >= 15 is 0 Å². The van der Waals surface area contributed by atoms with Gasteiger partial charge >= 0.3 is 5.63 Å². The molecule has 23 heavy (non-hydrogen) atoms. The zero-order valence-corrected chi connectivity index (χ0v) is 14.0. The molecule has 2 aromatic heterocycles. The highest BCUT2D eigenvalue weighted by Crippen LogP contribution is 2.25. The van der Waals surface area contributed by atoms with Gasteiger partial charge in [0.25, 0.3) is 5.91 Å². The predicted octanol–water partition coefficient (Wildman–Crippen LogP) is 4.29. The number of aryl methyl sites for hydroxylation is 3. The number of fused-ring (bicyclic) bond motifs is 1. The standard InChI is InChI=1S/C18H17NO3S/c1-4-12-8-16(23-11(12)3)18(21)19-13-5-6-14-10(2)7-17(20)22-15(14)9-13/h5-9H,4H2,1-3H3,(H,19,21). The fraction of sp³-hybridized carbons (Fsp3) is 0.222. The van der Waals surface area contributed by atoms with E-state index in [1.165, 1.54) is 23.0 Å². The summed E-state index contributed by atoms with van der Waals surface area (Å²) in [5.74, 6) is -0.146. The highest BCUT2D eigenvalue weighted by Gasteiger charge is 2.12. The number of carbonyl (C=O) groups is 1. The lowest BCUT2D eigenvalue weighted by atomic mass is 10.1. The van der Waals surface area contributed by atoms with Gasteiger partial charge in [-0.15, -0.1) is 11.3 Å². The Morgan fingerprint density at radius 2 is 2.00 bits per heavy atom. The van der Waals surface area contributed by atoms with Crippen molar-refractivity contribution in [2.24, 2.45) is 0 Å². The van der Waals surface area contributed by atoms with Crippen LogP contribution in [0.15, 0.2) is 39.5 Å². The van der Waals surface area contributed by atoms with Crippen LogP contribution in [0.4, 0.5) is 5.69 Å². The van der Waals surface area contributed by atoms with Crippen molar-refractivity contribution >= 4 is 33.9 Å². The van der Waals surface area contributed by atoms with Crippen molar-refractivity contribution in [2.75, 3.05) is 5.32 Å². The number of benzene rings is 1. The van der Waals surface area contributed by atoms with Crippen molar-refractivity contribution in [1.82, 2.24) is 0 Å². The molecule has 0 saturated carbocycles. The molecule has 118 valence electrons. The van der Waals surface area contributed by atoms with E-state index in [1.807, 2.05) is 32.0 Å². The maximum atomic E-state index is 12.4. The van der Waals surface area contributed by atoms with Crippen LogP contribution in [0.25, 0.3) is 11.0 Å². The topological polar surface area (TPSA) is 59.3 Å². The van der Waals surface area contributed by atoms with Crippen molar-refractivity contribution in [2.45, 2.75) is 27.2 Å². The van der Waals surface area contributed by atoms with E-state index in [4.69, 9.17) is 4.42 Å². The van der Waals surface area contributed by atoms with E-state index in [1.54, 1.807) is 6.07 Å². The van der Waals surface area contributed by atoms with Crippen LogP contribution in [-0.2, 0) is 6.42 Å². The van der Waals surface area contributed by atoms with Gasteiger partial charge in [0, 0.05) is 28.1 Å². The molecule has 3 aromatic rings. The third-order valence-electron chi connectivity index (χ3n) is 3.83. The number of carbonyl (C=O) groups excluding carboxylic acids is 1. The summed E-state index contributed by atoms with van der Waals surface area (Å²) in [5.41, 5.74) is 2.75. The first-order valence-corrected chi connectivity index (χ1v) is 8.24. The molecule has 0 saturated heterocycles. The number of hydrogen-bond acceptors (Lipinski definition) is 4. The van der Waals surface area contributed by atoms with Crippen molar-refractivity contribution in [1.29, 1.82) is 0 Å². The van der Waals surface area contributed by atoms with Crippen LogP contribution in [0.5, 0.6) is 0 Å². The summed E-state index contributed by atoms with van der Waals surface area (Å²) in [6.45, 7) is 5.95. The Kier molecular flexibility index (Phi) is 4.05. The van der Waals surface area contributed by atoms with Gasteiger partial charge in [-0.2, -0.15) is 0 Å². The van der Waals surface area contributed by atoms with Gasteiger partial charge in [0.15, 0.2) is 0 Å². The first-order chi connectivity index (χ1) is 11.0. The SMILES string of the molecule is CCc1cc(C(=O)Nc2ccc3c(C)cc(=O)oc3c2)sc1C. The molecule has 0 bridgehead atoms. The third kappa shape index (κ3) is 3.05. The van der Waals surface area contributed by atoms with Gasteiger partial charge in [0.05, 0.1) is 4.88 Å². The van der Waals surface area contributed by atoms with Crippen LogP contribution in [-0.4, -0.2) is 5.91 Å². The molecule has 0 spiro atoms. The smallest absolute Gasteiger partial charge is 0.336 e. The van der Waals surface area contributed by atoms with Crippen molar-refractivity contribution in [3.05, 3.63) is 61.6 Å². The number of rotatable bonds is 3. The van der Waals surface area contributed by atoms with Gasteiger partial charge in [-0.05, 0) is 49.6 Å². The molecule has 0 aliphatic rings. The van der Waals surface area contributed by atoms with Gasteiger partial charge in [0.1, 0.15) is 5.58 Å². The summed E-state index contributed by atoms with van der Waals surface area (Å²) in [7, 11) is 0. The Balaban J connectivity index is 1.91. The molecule has 0 radical (unpaired) electrons. The Bertz CT molecular complexity index is 953. The zero-order valence-electron chi connectivity index (χ0n) is 13.2. The molecule has 1 amide bonds. The van der Waals surface area contributed by atoms with Crippen LogP contribution < -0.4 is 10.9 Å². The summed E-state index contributed by atoms with van der Waals surface area (Å²) < 4.78 is 5.21. The number of nitrogens with one attached hydrogen (secondary N) is 1. The Labute approximate surface area is 137 Å². The van der Waals surface area contributed by atoms with E-state index < -0.39 is 0 Å². The zero-order chi connectivity index (χ0) is 16.6. The second-order valence-corrected chi connectivity index (χ2v) is 6.72. The van der Waals surface area contributed by atoms with Crippen LogP contribution in [0.2, 0.25) is 0 Å². The Hall–Kier alpha value is -2.40. The lowest BCUT2D eigenvalue weighted by Gasteiger charge is -2.06. The highest BCUT2D eigenvalue weighted by molar-refractivity contribution is 7.14. The van der Waals surface area contributed by atoms with Crippen molar-refractivity contribution in [3.63, 3.8) is 0 Å². The predicted molar refractivity (Wildman–Crippen MR) is 93.6 cm³/mol. The molecule has 0 aliphatic carbocycles. The van der Waals surface area contributed by atoms with Gasteiger partial charge in [-0.1, -0.05) is 6.92 Å². The molecule has 0 atom stereocenters. The molecule has 1 N–H and O–H groups in total. The summed E-state index contributed by atoms with van der Waals surface area (Å²) in [6, 6.07) is 8.74. The molecule has 3 rings (SSSR count). The Morgan fingerprint density at radius 1 is 1.22 bits per heavy atom. The fourth-order valence-corrected chi connectivity index (χ4v) is 3.59. The van der Waals surface area contributed by atoms with E-state index in [0.29, 0.717) is 16.1 Å². The van der Waals surface area contributed by atoms with Gasteiger partial charge < -0.3 is 9.73 Å². The minimum absolute atomic E-state index is 0.146. The summed E-state index contributed by atoms with van der Waals surface area (Å²) in [6.07, 6.45) is 0.913. The van der Waals surface area contributed by atoms with Gasteiger partial charge in [0.2, 0.25) is 0 Å². The summed E-state index contributed by atoms with van der Waals surface area (Å²) in [4.78, 5) is 25.7. The largest absolute Gasteiger partial charge is 0.423 e. The molecule has 1 aromatic carbocycles. The average molecular weight is 327 g/mol. The van der Waals surface area contributed by atoms with Crippen LogP contribution in [0.3, 0.4) is 0 Å². The molecule has 0 unspecified atom stereocenters. The van der Waals surface area contributed by atoms with Crippen molar-refractivity contribution in [3.8, 4) is 0 Å². The van der Waals surface area contributed by atoms with Crippen LogP contribution in [0.1, 0.15) is 32.6 Å². The van der Waals surface area contributed by atoms with E-state index in [9.17, 15) is 9.59 Å². The lowest BCUT2D eigenvalue weighted by molar-refractivity contribution is 0.103. The first-order valence-electron chi connectivity index (χ1n) is 7.43. The lowest BCUT2D eigenvalue weighted by Crippen LogP contribution is -2.10. The first kappa shape index (κ1) is 15.5. The number of amides is 1. The fourth-order valence-electron chi connectivity index (χ4n) is 2.58. The number of hydrogen-bond donors (Lipinski definition) is 1. The quantitative estimate of drug-likeness (QED) is 0.730. The maximum absolute atomic E-state index is 12.4. The second kappa shape index (κ2) is 6.01. The average Bonchev–Trinajstić information content (AvgIpc) is 2.88. The van der Waals surface area contributed by atoms with Gasteiger partial charge in [-0.3, -0.25) is 4.79 Å². The van der Waals surface area contributed by atoms with E-state index in [0.717, 1.165) is 22.2 Å². The minimum atomic E-state index is -0.389. The van der Waals surface area contributed by atoms with E-state index in [2.05, 4.69) is 12.2 Å². The molecule has 0 fully saturated rings. The van der Waals surface area contributed by atoms with Crippen LogP contribution in [0, 0.1) is 13.8 Å². The molecule has 2 heterocycles. The summed E-state index contributed by atoms with van der Waals surface area (Å²) >= 11 is 1.49. The maximum Gasteiger partial charge on any atom is 0.336 e. The molecular formula is C18H17NO3S. The highest BCUT2D eigenvalue weighted by atomic mass is 32.1. The third-order valence-corrected chi connectivity index (χ3v) is 4.93. The molecule has 0 aliphatic heterocycles. The number of thiophene rings is 1. The van der Waals surface area contributed by atoms with Gasteiger partial charge in [-0.25, -0.2) is 4.79 Å². The second-order valence-electron chi connectivity index (χ2n) is 5.46. The van der Waals surface area contributed by atoms with Crippen LogP contribution >= 0.6 is 11.3 Å². The summed E-state index contributed by atoms with van der Waals surface area (Å²) in [5, 5.41) is 3.73. The minimum Gasteiger partial charge on any atom is -0.423 e.